The first-order chi connectivity index (χ1) is 9.50. The Morgan fingerprint density at radius 2 is 2.15 bits per heavy atom. The molecule has 0 atom stereocenters. The SMILES string of the molecule is Cc1cccc(C(=O)NCCn2c(C)n[nH]c2=S)c1C. The molecule has 1 aromatic heterocycles. The molecule has 0 saturated carbocycles. The number of rotatable bonds is 4. The van der Waals surface area contributed by atoms with Gasteiger partial charge >= 0.3 is 0 Å². The predicted molar refractivity (Wildman–Crippen MR) is 80.4 cm³/mol. The molecule has 0 fully saturated rings. The summed E-state index contributed by atoms with van der Waals surface area (Å²) in [6, 6.07) is 5.74. The van der Waals surface area contributed by atoms with E-state index in [-0.39, 0.29) is 5.91 Å². The van der Waals surface area contributed by atoms with Crippen molar-refractivity contribution < 1.29 is 4.79 Å². The van der Waals surface area contributed by atoms with E-state index in [1.54, 1.807) is 0 Å². The molecule has 0 aliphatic carbocycles. The van der Waals surface area contributed by atoms with Crippen LogP contribution in [0, 0.1) is 25.5 Å². The molecule has 0 radical (unpaired) electrons. The molecule has 0 bridgehead atoms. The van der Waals surface area contributed by atoms with Crippen molar-refractivity contribution in [1.82, 2.24) is 20.1 Å². The van der Waals surface area contributed by atoms with E-state index >= 15 is 0 Å². The third-order valence-corrected chi connectivity index (χ3v) is 3.73. The highest BCUT2D eigenvalue weighted by Gasteiger charge is 2.09. The van der Waals surface area contributed by atoms with Crippen LogP contribution in [0.1, 0.15) is 27.3 Å². The number of aromatic amines is 1. The summed E-state index contributed by atoms with van der Waals surface area (Å²) in [6.07, 6.45) is 0. The van der Waals surface area contributed by atoms with Crippen LogP contribution < -0.4 is 5.32 Å². The zero-order valence-electron chi connectivity index (χ0n) is 11.9. The maximum atomic E-state index is 12.1. The number of benzene rings is 1. The maximum Gasteiger partial charge on any atom is 0.251 e. The Balaban J connectivity index is 2.00. The molecule has 0 saturated heterocycles. The quantitative estimate of drug-likeness (QED) is 0.849. The van der Waals surface area contributed by atoms with Crippen LogP contribution in [0.15, 0.2) is 18.2 Å². The molecule has 1 heterocycles. The number of carbonyl (C=O) groups is 1. The molecule has 1 aromatic carbocycles. The van der Waals surface area contributed by atoms with Gasteiger partial charge in [-0.3, -0.25) is 9.89 Å². The Morgan fingerprint density at radius 3 is 2.80 bits per heavy atom. The van der Waals surface area contributed by atoms with E-state index in [0.29, 0.717) is 17.9 Å². The third kappa shape index (κ3) is 2.96. The fourth-order valence-corrected chi connectivity index (χ4v) is 2.30. The van der Waals surface area contributed by atoms with E-state index in [2.05, 4.69) is 15.5 Å². The number of carbonyl (C=O) groups excluding carboxylic acids is 1. The normalized spacial score (nSPS) is 10.6. The maximum absolute atomic E-state index is 12.1. The lowest BCUT2D eigenvalue weighted by atomic mass is 10.0. The average Bonchev–Trinajstić information content (AvgIpc) is 2.73. The zero-order chi connectivity index (χ0) is 14.7. The smallest absolute Gasteiger partial charge is 0.251 e. The second-order valence-electron chi connectivity index (χ2n) is 4.73. The second-order valence-corrected chi connectivity index (χ2v) is 5.12. The van der Waals surface area contributed by atoms with Crippen LogP contribution >= 0.6 is 12.2 Å². The van der Waals surface area contributed by atoms with E-state index in [9.17, 15) is 4.79 Å². The van der Waals surface area contributed by atoms with Crippen molar-refractivity contribution in [3.8, 4) is 0 Å². The Bertz CT molecular complexity index is 687. The van der Waals surface area contributed by atoms with Crippen molar-refractivity contribution in [1.29, 1.82) is 0 Å². The first kappa shape index (κ1) is 14.5. The molecular weight excluding hydrogens is 272 g/mol. The van der Waals surface area contributed by atoms with Gasteiger partial charge in [0.05, 0.1) is 0 Å². The summed E-state index contributed by atoms with van der Waals surface area (Å²) < 4.78 is 2.43. The lowest BCUT2D eigenvalue weighted by Gasteiger charge is -2.10. The molecule has 5 nitrogen and oxygen atoms in total. The van der Waals surface area contributed by atoms with Crippen LogP contribution in [0.3, 0.4) is 0 Å². The van der Waals surface area contributed by atoms with Crippen LogP contribution in [-0.2, 0) is 6.54 Å². The second kappa shape index (κ2) is 6.00. The highest BCUT2D eigenvalue weighted by molar-refractivity contribution is 7.71. The number of hydrogen-bond donors (Lipinski definition) is 2. The molecule has 0 spiro atoms. The zero-order valence-corrected chi connectivity index (χ0v) is 12.7. The number of amides is 1. The van der Waals surface area contributed by atoms with Crippen LogP contribution in [-0.4, -0.2) is 27.2 Å². The van der Waals surface area contributed by atoms with Crippen LogP contribution in [0.4, 0.5) is 0 Å². The van der Waals surface area contributed by atoms with Crippen LogP contribution in [0.5, 0.6) is 0 Å². The molecule has 1 amide bonds. The molecule has 20 heavy (non-hydrogen) atoms. The number of nitrogens with zero attached hydrogens (tertiary/aromatic N) is 2. The Hall–Kier alpha value is -1.95. The predicted octanol–water partition coefficient (Wildman–Crippen LogP) is 2.30. The molecule has 106 valence electrons. The van der Waals surface area contributed by atoms with E-state index in [1.165, 1.54) is 0 Å². The number of nitrogens with one attached hydrogen (secondary N) is 2. The first-order valence-electron chi connectivity index (χ1n) is 6.47. The summed E-state index contributed by atoms with van der Waals surface area (Å²) in [4.78, 5) is 12.1. The molecule has 2 aromatic rings. The summed E-state index contributed by atoms with van der Waals surface area (Å²) in [5.74, 6) is 0.759. The van der Waals surface area contributed by atoms with Gasteiger partial charge in [0.2, 0.25) is 0 Å². The van der Waals surface area contributed by atoms with Crippen molar-refractivity contribution in [2.24, 2.45) is 0 Å². The van der Waals surface area contributed by atoms with Gasteiger partial charge in [-0.05, 0) is 50.2 Å². The van der Waals surface area contributed by atoms with Crippen molar-refractivity contribution in [3.05, 3.63) is 45.5 Å². The van der Waals surface area contributed by atoms with Gasteiger partial charge in [-0.1, -0.05) is 12.1 Å². The number of hydrogen-bond acceptors (Lipinski definition) is 3. The lowest BCUT2D eigenvalue weighted by molar-refractivity contribution is 0.0951. The largest absolute Gasteiger partial charge is 0.350 e. The van der Waals surface area contributed by atoms with Crippen molar-refractivity contribution in [2.45, 2.75) is 27.3 Å². The van der Waals surface area contributed by atoms with E-state index < -0.39 is 0 Å². The number of H-pyrrole nitrogens is 1. The van der Waals surface area contributed by atoms with E-state index in [0.717, 1.165) is 22.5 Å². The van der Waals surface area contributed by atoms with Crippen LogP contribution in [0.25, 0.3) is 0 Å². The molecule has 0 aliphatic heterocycles. The minimum atomic E-state index is -0.0566. The average molecular weight is 290 g/mol. The monoisotopic (exact) mass is 290 g/mol. The van der Waals surface area contributed by atoms with Crippen molar-refractivity contribution in [3.63, 3.8) is 0 Å². The third-order valence-electron chi connectivity index (χ3n) is 3.42. The topological polar surface area (TPSA) is 62.7 Å². The molecule has 6 heteroatoms. The standard InChI is InChI=1S/C14H18N4OS/c1-9-5-4-6-12(10(9)2)13(19)15-7-8-18-11(3)16-17-14(18)20/h4-6H,7-8H2,1-3H3,(H,15,19)(H,17,20). The van der Waals surface area contributed by atoms with Crippen molar-refractivity contribution in [2.75, 3.05) is 6.54 Å². The summed E-state index contributed by atoms with van der Waals surface area (Å²) in [5.41, 5.74) is 2.85. The van der Waals surface area contributed by atoms with E-state index in [1.807, 2.05) is 43.5 Å². The number of aromatic nitrogens is 3. The highest BCUT2D eigenvalue weighted by Crippen LogP contribution is 2.12. The molecule has 2 N–H and O–H groups in total. The Kier molecular flexibility index (Phi) is 4.34. The fraction of sp³-hybridized carbons (Fsp3) is 0.357. The minimum absolute atomic E-state index is 0.0566. The Morgan fingerprint density at radius 1 is 1.40 bits per heavy atom. The van der Waals surface area contributed by atoms with Gasteiger partial charge in [-0.2, -0.15) is 5.10 Å². The fourth-order valence-electron chi connectivity index (χ4n) is 2.03. The summed E-state index contributed by atoms with van der Waals surface area (Å²) in [5, 5.41) is 9.67. The highest BCUT2D eigenvalue weighted by atomic mass is 32.1. The van der Waals surface area contributed by atoms with Crippen LogP contribution in [0.2, 0.25) is 0 Å². The Labute approximate surface area is 123 Å². The first-order valence-corrected chi connectivity index (χ1v) is 6.87. The van der Waals surface area contributed by atoms with Crippen molar-refractivity contribution >= 4 is 18.1 Å². The van der Waals surface area contributed by atoms with Gasteiger partial charge in [0.15, 0.2) is 4.77 Å². The van der Waals surface area contributed by atoms with Gasteiger partial charge in [0, 0.05) is 18.7 Å². The van der Waals surface area contributed by atoms with Gasteiger partial charge in [-0.15, -0.1) is 0 Å². The minimum Gasteiger partial charge on any atom is -0.350 e. The van der Waals surface area contributed by atoms with Gasteiger partial charge in [-0.25, -0.2) is 0 Å². The molecule has 0 aliphatic rings. The summed E-state index contributed by atoms with van der Waals surface area (Å²) in [6.45, 7) is 6.96. The van der Waals surface area contributed by atoms with E-state index in [4.69, 9.17) is 12.2 Å². The summed E-state index contributed by atoms with van der Waals surface area (Å²) >= 11 is 5.12. The molecule has 0 unspecified atom stereocenters. The molecular formula is C14H18N4OS. The van der Waals surface area contributed by atoms with Gasteiger partial charge < -0.3 is 9.88 Å². The molecule has 2 rings (SSSR count). The summed E-state index contributed by atoms with van der Waals surface area (Å²) in [7, 11) is 0. The van der Waals surface area contributed by atoms with Gasteiger partial charge in [0.25, 0.3) is 5.91 Å². The number of aryl methyl sites for hydroxylation is 2. The lowest BCUT2D eigenvalue weighted by Crippen LogP contribution is -2.28. The van der Waals surface area contributed by atoms with Gasteiger partial charge in [0.1, 0.15) is 5.82 Å².